The fraction of sp³-hybridized carbons (Fsp3) is 0.231. The first-order valence-electron chi connectivity index (χ1n) is 5.42. The summed E-state index contributed by atoms with van der Waals surface area (Å²) in [4.78, 5) is 22.3. The van der Waals surface area contributed by atoms with Gasteiger partial charge in [-0.3, -0.25) is 4.79 Å². The van der Waals surface area contributed by atoms with Gasteiger partial charge in [-0.1, -0.05) is 23.2 Å². The van der Waals surface area contributed by atoms with Crippen molar-refractivity contribution in [1.82, 2.24) is 0 Å². The molecule has 102 valence electrons. The third-order valence-corrected chi connectivity index (χ3v) is 2.75. The van der Waals surface area contributed by atoms with Crippen LogP contribution < -0.4 is 4.74 Å². The molecule has 0 atom stereocenters. The Morgan fingerprint density at radius 2 is 1.79 bits per heavy atom. The van der Waals surface area contributed by atoms with Crippen molar-refractivity contribution in [2.75, 3.05) is 0 Å². The zero-order chi connectivity index (χ0) is 14.6. The first-order chi connectivity index (χ1) is 8.81. The summed E-state index contributed by atoms with van der Waals surface area (Å²) < 4.78 is 5.46. The minimum absolute atomic E-state index is 0.160. The highest BCUT2D eigenvalue weighted by atomic mass is 35.5. The zero-order valence-corrected chi connectivity index (χ0v) is 11.8. The molecule has 1 aromatic carbocycles. The molecule has 0 aromatic heterocycles. The minimum atomic E-state index is -1.21. The Morgan fingerprint density at radius 3 is 2.32 bits per heavy atom. The third kappa shape index (κ3) is 4.58. The summed E-state index contributed by atoms with van der Waals surface area (Å²) in [7, 11) is 0. The van der Waals surface area contributed by atoms with Crippen molar-refractivity contribution in [3.63, 3.8) is 0 Å². The number of carbonyl (C=O) groups excluding carboxylic acids is 1. The van der Waals surface area contributed by atoms with Crippen LogP contribution in [0, 0.1) is 0 Å². The summed E-state index contributed by atoms with van der Waals surface area (Å²) in [5, 5.41) is 8.96. The van der Waals surface area contributed by atoms with Crippen LogP contribution in [0.5, 0.6) is 5.75 Å². The Hall–Kier alpha value is -1.52. The van der Waals surface area contributed by atoms with Crippen LogP contribution in [-0.2, 0) is 4.79 Å². The van der Waals surface area contributed by atoms with E-state index >= 15 is 0 Å². The van der Waals surface area contributed by atoms with Gasteiger partial charge in [-0.15, -0.1) is 0 Å². The SMILES string of the molecule is CC(C)Oc1cc(Cl)c(Cl)cc1C(=O)/C=C/C(=O)O. The molecule has 0 radical (unpaired) electrons. The highest BCUT2D eigenvalue weighted by molar-refractivity contribution is 6.42. The molecule has 6 heteroatoms. The molecule has 0 aliphatic carbocycles. The van der Waals surface area contributed by atoms with Crippen LogP contribution in [0.15, 0.2) is 24.3 Å². The highest BCUT2D eigenvalue weighted by Gasteiger charge is 2.15. The third-order valence-electron chi connectivity index (χ3n) is 2.03. The van der Waals surface area contributed by atoms with Crippen molar-refractivity contribution in [2.45, 2.75) is 20.0 Å². The van der Waals surface area contributed by atoms with Gasteiger partial charge in [0.15, 0.2) is 5.78 Å². The van der Waals surface area contributed by atoms with Crippen LogP contribution in [-0.4, -0.2) is 23.0 Å². The topological polar surface area (TPSA) is 63.6 Å². The lowest BCUT2D eigenvalue weighted by Crippen LogP contribution is -2.09. The van der Waals surface area contributed by atoms with Crippen molar-refractivity contribution >= 4 is 35.0 Å². The number of rotatable bonds is 5. The second-order valence-electron chi connectivity index (χ2n) is 3.96. The highest BCUT2D eigenvalue weighted by Crippen LogP contribution is 2.31. The van der Waals surface area contributed by atoms with E-state index in [0.29, 0.717) is 0 Å². The number of carbonyl (C=O) groups is 2. The molecular weight excluding hydrogens is 291 g/mol. The van der Waals surface area contributed by atoms with Crippen molar-refractivity contribution in [1.29, 1.82) is 0 Å². The lowest BCUT2D eigenvalue weighted by atomic mass is 10.1. The monoisotopic (exact) mass is 302 g/mol. The molecule has 0 spiro atoms. The van der Waals surface area contributed by atoms with Gasteiger partial charge in [-0.2, -0.15) is 0 Å². The summed E-state index contributed by atoms with van der Waals surface area (Å²) in [5.41, 5.74) is 0.167. The lowest BCUT2D eigenvalue weighted by Gasteiger charge is -2.14. The molecule has 1 N–H and O–H groups in total. The maximum absolute atomic E-state index is 11.9. The van der Waals surface area contributed by atoms with Crippen LogP contribution >= 0.6 is 23.2 Å². The molecule has 4 nitrogen and oxygen atoms in total. The number of ether oxygens (including phenoxy) is 1. The summed E-state index contributed by atoms with van der Waals surface area (Å²) in [6.07, 6.45) is 1.53. The Kier molecular flexibility index (Phi) is 5.39. The molecule has 0 amide bonds. The van der Waals surface area contributed by atoms with Gasteiger partial charge in [0.05, 0.1) is 21.7 Å². The van der Waals surface area contributed by atoms with Gasteiger partial charge in [0.2, 0.25) is 0 Å². The van der Waals surface area contributed by atoms with Gasteiger partial charge >= 0.3 is 5.97 Å². The number of aliphatic carboxylic acids is 1. The van der Waals surface area contributed by atoms with E-state index in [0.717, 1.165) is 12.2 Å². The Bertz CT molecular complexity index is 536. The van der Waals surface area contributed by atoms with Crippen LogP contribution in [0.1, 0.15) is 24.2 Å². The number of hydrogen-bond donors (Lipinski definition) is 1. The summed E-state index contributed by atoms with van der Waals surface area (Å²) in [6, 6.07) is 2.79. The lowest BCUT2D eigenvalue weighted by molar-refractivity contribution is -0.131. The van der Waals surface area contributed by atoms with E-state index in [1.807, 2.05) is 0 Å². The van der Waals surface area contributed by atoms with Crippen molar-refractivity contribution in [3.8, 4) is 5.75 Å². The second kappa shape index (κ2) is 6.59. The van der Waals surface area contributed by atoms with Crippen molar-refractivity contribution in [2.24, 2.45) is 0 Å². The van der Waals surface area contributed by atoms with E-state index in [1.165, 1.54) is 12.1 Å². The number of carboxylic acids is 1. The molecule has 19 heavy (non-hydrogen) atoms. The number of halogens is 2. The van der Waals surface area contributed by atoms with Gasteiger partial charge in [0.25, 0.3) is 0 Å². The predicted octanol–water partition coefficient (Wildman–Crippen LogP) is 3.60. The molecule has 0 unspecified atom stereocenters. The molecule has 0 aliphatic heterocycles. The molecule has 0 heterocycles. The fourth-order valence-electron chi connectivity index (χ4n) is 1.31. The number of benzene rings is 1. The van der Waals surface area contributed by atoms with Gasteiger partial charge in [0, 0.05) is 12.1 Å². The molecule has 0 saturated heterocycles. The van der Waals surface area contributed by atoms with E-state index in [2.05, 4.69) is 0 Å². The molecule has 1 rings (SSSR count). The van der Waals surface area contributed by atoms with Crippen LogP contribution in [0.3, 0.4) is 0 Å². The van der Waals surface area contributed by atoms with Gasteiger partial charge in [-0.25, -0.2) is 4.79 Å². The van der Waals surface area contributed by atoms with Crippen LogP contribution in [0.4, 0.5) is 0 Å². The molecule has 0 saturated carbocycles. The van der Waals surface area contributed by atoms with E-state index in [1.54, 1.807) is 13.8 Å². The van der Waals surface area contributed by atoms with Gasteiger partial charge in [-0.05, 0) is 26.0 Å². The smallest absolute Gasteiger partial charge is 0.328 e. The first kappa shape index (κ1) is 15.5. The molecule has 0 bridgehead atoms. The van der Waals surface area contributed by atoms with E-state index in [9.17, 15) is 9.59 Å². The first-order valence-corrected chi connectivity index (χ1v) is 6.18. The molecule has 0 aliphatic rings. The summed E-state index contributed by atoms with van der Waals surface area (Å²) in [5.74, 6) is -1.46. The molecular formula is C13H12Cl2O4. The zero-order valence-electron chi connectivity index (χ0n) is 10.3. The Balaban J connectivity index is 3.20. The second-order valence-corrected chi connectivity index (χ2v) is 4.78. The van der Waals surface area contributed by atoms with Crippen LogP contribution in [0.25, 0.3) is 0 Å². The van der Waals surface area contributed by atoms with Crippen LogP contribution in [0.2, 0.25) is 10.0 Å². The standard InChI is InChI=1S/C13H12Cl2O4/c1-7(2)19-12-6-10(15)9(14)5-8(12)11(16)3-4-13(17)18/h3-7H,1-2H3,(H,17,18)/b4-3+. The summed E-state index contributed by atoms with van der Waals surface area (Å²) >= 11 is 11.7. The van der Waals surface area contributed by atoms with E-state index in [-0.39, 0.29) is 27.5 Å². The quantitative estimate of drug-likeness (QED) is 0.666. The number of hydrogen-bond acceptors (Lipinski definition) is 3. The number of ketones is 1. The van der Waals surface area contributed by atoms with Gasteiger partial charge in [0.1, 0.15) is 5.75 Å². The Morgan fingerprint density at radius 1 is 1.21 bits per heavy atom. The molecule has 1 aromatic rings. The number of carboxylic acid groups (broad SMARTS) is 1. The van der Waals surface area contributed by atoms with E-state index < -0.39 is 11.8 Å². The maximum atomic E-state index is 11.9. The average Bonchev–Trinajstić information content (AvgIpc) is 2.29. The average molecular weight is 303 g/mol. The van der Waals surface area contributed by atoms with E-state index in [4.69, 9.17) is 33.0 Å². The normalized spacial score (nSPS) is 11.0. The van der Waals surface area contributed by atoms with Crippen molar-refractivity contribution in [3.05, 3.63) is 39.9 Å². The maximum Gasteiger partial charge on any atom is 0.328 e. The van der Waals surface area contributed by atoms with Crippen molar-refractivity contribution < 1.29 is 19.4 Å². The fourth-order valence-corrected chi connectivity index (χ4v) is 1.63. The summed E-state index contributed by atoms with van der Waals surface area (Å²) in [6.45, 7) is 3.59. The van der Waals surface area contributed by atoms with Gasteiger partial charge < -0.3 is 9.84 Å². The molecule has 0 fully saturated rings. The Labute approximate surface area is 120 Å². The largest absolute Gasteiger partial charge is 0.490 e. The minimum Gasteiger partial charge on any atom is -0.490 e. The number of allylic oxidation sites excluding steroid dienone is 1. The predicted molar refractivity (Wildman–Crippen MR) is 73.3 cm³/mol.